The summed E-state index contributed by atoms with van der Waals surface area (Å²) in [5.41, 5.74) is 1.65. The Labute approximate surface area is 112 Å². The number of benzene rings is 1. The number of aryl methyl sites for hydroxylation is 1. The summed E-state index contributed by atoms with van der Waals surface area (Å²) in [4.78, 5) is 20.2. The molecule has 1 heterocycles. The Balaban J connectivity index is 2.31. The number of aldehydes is 1. The SMILES string of the molecule is Cc1cnc(Sc2cc(Br)ccc2C=O)nc1. The van der Waals surface area contributed by atoms with Crippen LogP contribution in [0.25, 0.3) is 0 Å². The van der Waals surface area contributed by atoms with E-state index in [1.54, 1.807) is 18.5 Å². The highest BCUT2D eigenvalue weighted by Crippen LogP contribution is 2.29. The van der Waals surface area contributed by atoms with Gasteiger partial charge in [-0.15, -0.1) is 0 Å². The lowest BCUT2D eigenvalue weighted by Crippen LogP contribution is -1.89. The molecule has 0 N–H and O–H groups in total. The van der Waals surface area contributed by atoms with Gasteiger partial charge in [-0.1, -0.05) is 15.9 Å². The van der Waals surface area contributed by atoms with Crippen molar-refractivity contribution in [1.29, 1.82) is 0 Å². The molecule has 0 unspecified atom stereocenters. The Morgan fingerprint density at radius 1 is 1.29 bits per heavy atom. The number of halogens is 1. The van der Waals surface area contributed by atoms with Crippen molar-refractivity contribution in [3.8, 4) is 0 Å². The quantitative estimate of drug-likeness (QED) is 0.643. The number of carbonyl (C=O) groups excluding carboxylic acids is 1. The molecule has 2 aromatic rings. The van der Waals surface area contributed by atoms with Crippen LogP contribution in [0.4, 0.5) is 0 Å². The highest BCUT2D eigenvalue weighted by Gasteiger charge is 2.06. The number of carbonyl (C=O) groups is 1. The number of hydrogen-bond donors (Lipinski definition) is 0. The number of nitrogens with zero attached hydrogens (tertiary/aromatic N) is 2. The Kier molecular flexibility index (Phi) is 3.91. The van der Waals surface area contributed by atoms with Crippen molar-refractivity contribution < 1.29 is 4.79 Å². The lowest BCUT2D eigenvalue weighted by molar-refractivity contribution is 0.112. The second kappa shape index (κ2) is 5.42. The smallest absolute Gasteiger partial charge is 0.192 e. The van der Waals surface area contributed by atoms with Crippen LogP contribution in [0.15, 0.2) is 45.1 Å². The van der Waals surface area contributed by atoms with E-state index < -0.39 is 0 Å². The lowest BCUT2D eigenvalue weighted by Gasteiger charge is -2.04. The van der Waals surface area contributed by atoms with Gasteiger partial charge in [-0.05, 0) is 42.4 Å². The topological polar surface area (TPSA) is 42.9 Å². The molecule has 0 radical (unpaired) electrons. The fourth-order valence-corrected chi connectivity index (χ4v) is 2.57. The molecule has 0 amide bonds. The summed E-state index contributed by atoms with van der Waals surface area (Å²) >= 11 is 4.76. The largest absolute Gasteiger partial charge is 0.298 e. The molecule has 2 rings (SSSR count). The minimum absolute atomic E-state index is 0.636. The van der Waals surface area contributed by atoms with Crippen LogP contribution in [0.2, 0.25) is 0 Å². The molecule has 0 saturated heterocycles. The van der Waals surface area contributed by atoms with Crippen LogP contribution in [0, 0.1) is 6.92 Å². The molecule has 0 bridgehead atoms. The fraction of sp³-hybridized carbons (Fsp3) is 0.0833. The normalized spacial score (nSPS) is 10.2. The first-order chi connectivity index (χ1) is 8.19. The van der Waals surface area contributed by atoms with Crippen LogP contribution in [-0.4, -0.2) is 16.3 Å². The lowest BCUT2D eigenvalue weighted by atomic mass is 10.2. The molecule has 0 aliphatic heterocycles. The van der Waals surface area contributed by atoms with Gasteiger partial charge in [0.1, 0.15) is 0 Å². The number of rotatable bonds is 3. The van der Waals surface area contributed by atoms with Crippen LogP contribution < -0.4 is 0 Å². The van der Waals surface area contributed by atoms with Gasteiger partial charge in [0, 0.05) is 27.3 Å². The zero-order valence-corrected chi connectivity index (χ0v) is 11.5. The van der Waals surface area contributed by atoms with E-state index in [-0.39, 0.29) is 0 Å². The van der Waals surface area contributed by atoms with E-state index in [0.29, 0.717) is 10.7 Å². The molecule has 0 atom stereocenters. The minimum atomic E-state index is 0.636. The molecule has 1 aromatic heterocycles. The summed E-state index contributed by atoms with van der Waals surface area (Å²) in [6.45, 7) is 1.93. The molecular weight excluding hydrogens is 300 g/mol. The van der Waals surface area contributed by atoms with Crippen molar-refractivity contribution >= 4 is 34.0 Å². The third kappa shape index (κ3) is 3.14. The fourth-order valence-electron chi connectivity index (χ4n) is 1.23. The monoisotopic (exact) mass is 308 g/mol. The van der Waals surface area contributed by atoms with Crippen LogP contribution in [-0.2, 0) is 0 Å². The van der Waals surface area contributed by atoms with Gasteiger partial charge >= 0.3 is 0 Å². The molecule has 3 nitrogen and oxygen atoms in total. The summed E-state index contributed by atoms with van der Waals surface area (Å²) in [6, 6.07) is 5.50. The van der Waals surface area contributed by atoms with Gasteiger partial charge < -0.3 is 0 Å². The van der Waals surface area contributed by atoms with Crippen LogP contribution in [0.1, 0.15) is 15.9 Å². The summed E-state index contributed by atoms with van der Waals surface area (Å²) in [5, 5.41) is 0.636. The van der Waals surface area contributed by atoms with Gasteiger partial charge in [-0.3, -0.25) is 4.79 Å². The molecule has 17 heavy (non-hydrogen) atoms. The van der Waals surface area contributed by atoms with Crippen molar-refractivity contribution in [3.63, 3.8) is 0 Å². The second-order valence-corrected chi connectivity index (χ2v) is 5.37. The molecule has 5 heteroatoms. The van der Waals surface area contributed by atoms with Crippen molar-refractivity contribution in [1.82, 2.24) is 9.97 Å². The molecular formula is C12H9BrN2OS. The minimum Gasteiger partial charge on any atom is -0.298 e. The maximum Gasteiger partial charge on any atom is 0.192 e. The zero-order valence-electron chi connectivity index (χ0n) is 9.05. The van der Waals surface area contributed by atoms with E-state index in [4.69, 9.17) is 0 Å². The Bertz CT molecular complexity index is 543. The van der Waals surface area contributed by atoms with Crippen molar-refractivity contribution in [2.24, 2.45) is 0 Å². The average Bonchev–Trinajstić information content (AvgIpc) is 2.32. The standard InChI is InChI=1S/C12H9BrN2OS/c1-8-5-14-12(15-6-8)17-11-4-10(13)3-2-9(11)7-16/h2-7H,1H3. The number of hydrogen-bond acceptors (Lipinski definition) is 4. The van der Waals surface area contributed by atoms with E-state index in [1.165, 1.54) is 11.8 Å². The summed E-state index contributed by atoms with van der Waals surface area (Å²) in [6.07, 6.45) is 4.35. The van der Waals surface area contributed by atoms with E-state index in [1.807, 2.05) is 19.1 Å². The van der Waals surface area contributed by atoms with Crippen LogP contribution in [0.5, 0.6) is 0 Å². The van der Waals surface area contributed by atoms with Gasteiger partial charge in [-0.2, -0.15) is 0 Å². The van der Waals surface area contributed by atoms with E-state index in [2.05, 4.69) is 25.9 Å². The third-order valence-electron chi connectivity index (χ3n) is 2.06. The van der Waals surface area contributed by atoms with Gasteiger partial charge in [0.05, 0.1) is 0 Å². The van der Waals surface area contributed by atoms with Gasteiger partial charge in [0.25, 0.3) is 0 Å². The van der Waals surface area contributed by atoms with E-state index >= 15 is 0 Å². The summed E-state index contributed by atoms with van der Waals surface area (Å²) in [5.74, 6) is 0. The van der Waals surface area contributed by atoms with E-state index in [0.717, 1.165) is 21.2 Å². The zero-order chi connectivity index (χ0) is 12.3. The Hall–Kier alpha value is -1.20. The Morgan fingerprint density at radius 2 is 2.00 bits per heavy atom. The predicted molar refractivity (Wildman–Crippen MR) is 70.4 cm³/mol. The van der Waals surface area contributed by atoms with Crippen LogP contribution >= 0.6 is 27.7 Å². The molecule has 0 aliphatic rings. The average molecular weight is 309 g/mol. The summed E-state index contributed by atoms with van der Waals surface area (Å²) in [7, 11) is 0. The Morgan fingerprint density at radius 3 is 2.65 bits per heavy atom. The van der Waals surface area contributed by atoms with Gasteiger partial charge in [-0.25, -0.2) is 9.97 Å². The predicted octanol–water partition coefficient (Wildman–Crippen LogP) is 3.51. The van der Waals surface area contributed by atoms with Gasteiger partial charge in [0.2, 0.25) is 0 Å². The second-order valence-electron chi connectivity index (χ2n) is 3.45. The highest BCUT2D eigenvalue weighted by atomic mass is 79.9. The number of aromatic nitrogens is 2. The molecule has 0 saturated carbocycles. The first-order valence-electron chi connectivity index (χ1n) is 4.90. The molecule has 86 valence electrons. The highest BCUT2D eigenvalue weighted by molar-refractivity contribution is 9.10. The van der Waals surface area contributed by atoms with Gasteiger partial charge in [0.15, 0.2) is 11.4 Å². The van der Waals surface area contributed by atoms with Crippen molar-refractivity contribution in [2.75, 3.05) is 0 Å². The summed E-state index contributed by atoms with van der Waals surface area (Å²) < 4.78 is 0.928. The van der Waals surface area contributed by atoms with Crippen molar-refractivity contribution in [3.05, 3.63) is 46.2 Å². The van der Waals surface area contributed by atoms with Crippen LogP contribution in [0.3, 0.4) is 0 Å². The molecule has 0 aliphatic carbocycles. The molecule has 1 aromatic carbocycles. The maximum absolute atomic E-state index is 10.9. The van der Waals surface area contributed by atoms with Crippen molar-refractivity contribution in [2.45, 2.75) is 17.0 Å². The molecule has 0 spiro atoms. The third-order valence-corrected chi connectivity index (χ3v) is 3.52. The van der Waals surface area contributed by atoms with E-state index in [9.17, 15) is 4.79 Å². The first kappa shape index (κ1) is 12.3. The molecule has 0 fully saturated rings. The maximum atomic E-state index is 10.9. The first-order valence-corrected chi connectivity index (χ1v) is 6.51.